The Balaban J connectivity index is 0.913. The lowest BCUT2D eigenvalue weighted by Gasteiger charge is -2.11. The minimum absolute atomic E-state index is 0.871. The molecule has 0 bridgehead atoms. The lowest BCUT2D eigenvalue weighted by molar-refractivity contribution is 0.645. The Kier molecular flexibility index (Phi) is 6.98. The predicted octanol–water partition coefficient (Wildman–Crippen LogP) is 15.1. The summed E-state index contributed by atoms with van der Waals surface area (Å²) >= 11 is 0. The molecule has 4 nitrogen and oxygen atoms in total. The molecule has 4 aromatic heterocycles. The molecule has 4 heteroatoms. The standard InChI is InChI=1S/C56H35N3O/c1-3-13-40(14-4-1)57-49-20-10-7-17-43(49)47-33-37(26-31-51(47)57)38-27-32-52-48(34-38)44-18-8-11-21-50(44)58(52)42-28-23-36(24-29-42)39-25-30-45-53(35-39)59(41-15-5-2-6-16-41)56-55(45)46-19-9-12-22-54(46)60-56/h1-35H. The van der Waals surface area contributed by atoms with Crippen molar-refractivity contribution in [3.63, 3.8) is 0 Å². The van der Waals surface area contributed by atoms with E-state index in [1.807, 2.05) is 6.07 Å². The minimum atomic E-state index is 0.871. The smallest absolute Gasteiger partial charge is 0.213 e. The number of nitrogens with zero attached hydrogens (tertiary/aromatic N) is 3. The molecule has 0 amide bonds. The van der Waals surface area contributed by atoms with Gasteiger partial charge in [-0.1, -0.05) is 127 Å². The highest BCUT2D eigenvalue weighted by Gasteiger charge is 2.20. The number of benzene rings is 9. The molecule has 0 fully saturated rings. The second kappa shape index (κ2) is 12.7. The van der Waals surface area contributed by atoms with Crippen molar-refractivity contribution in [1.29, 1.82) is 0 Å². The summed E-state index contributed by atoms with van der Waals surface area (Å²) in [6.07, 6.45) is 0. The topological polar surface area (TPSA) is 27.9 Å². The van der Waals surface area contributed by atoms with Crippen LogP contribution in [-0.4, -0.2) is 13.7 Å². The molecule has 9 aromatic carbocycles. The van der Waals surface area contributed by atoms with Crippen molar-refractivity contribution >= 4 is 76.6 Å². The van der Waals surface area contributed by atoms with E-state index in [4.69, 9.17) is 4.42 Å². The van der Waals surface area contributed by atoms with Crippen molar-refractivity contribution in [2.24, 2.45) is 0 Å². The van der Waals surface area contributed by atoms with E-state index in [1.165, 1.54) is 65.8 Å². The van der Waals surface area contributed by atoms with E-state index >= 15 is 0 Å². The van der Waals surface area contributed by atoms with Crippen molar-refractivity contribution in [3.8, 4) is 39.3 Å². The number of fused-ring (bicyclic) bond motifs is 11. The van der Waals surface area contributed by atoms with Gasteiger partial charge >= 0.3 is 0 Å². The van der Waals surface area contributed by atoms with Crippen molar-refractivity contribution in [1.82, 2.24) is 13.7 Å². The molecule has 280 valence electrons. The highest BCUT2D eigenvalue weighted by atomic mass is 16.3. The molecule has 0 N–H and O–H groups in total. The molecule has 0 unspecified atom stereocenters. The minimum Gasteiger partial charge on any atom is -0.439 e. The van der Waals surface area contributed by atoms with Gasteiger partial charge in [0.2, 0.25) is 5.71 Å². The van der Waals surface area contributed by atoms with E-state index in [1.54, 1.807) is 0 Å². The summed E-state index contributed by atoms with van der Waals surface area (Å²) in [5.74, 6) is 0. The first kappa shape index (κ1) is 32.9. The zero-order valence-corrected chi connectivity index (χ0v) is 32.5. The van der Waals surface area contributed by atoms with E-state index < -0.39 is 0 Å². The fraction of sp³-hybridized carbons (Fsp3) is 0. The summed E-state index contributed by atoms with van der Waals surface area (Å²) in [6, 6.07) is 76.7. The molecule has 0 spiro atoms. The van der Waals surface area contributed by atoms with Gasteiger partial charge in [0.05, 0.1) is 33.0 Å². The van der Waals surface area contributed by atoms with Gasteiger partial charge in [-0.2, -0.15) is 0 Å². The molecule has 0 aliphatic heterocycles. The second-order valence-corrected chi connectivity index (χ2v) is 15.7. The number of hydrogen-bond acceptors (Lipinski definition) is 1. The Morgan fingerprint density at radius 2 is 0.717 bits per heavy atom. The number of furan rings is 1. The van der Waals surface area contributed by atoms with Crippen LogP contribution in [0, 0.1) is 0 Å². The van der Waals surface area contributed by atoms with Gasteiger partial charge in [0.25, 0.3) is 0 Å². The van der Waals surface area contributed by atoms with E-state index in [2.05, 4.69) is 220 Å². The van der Waals surface area contributed by atoms with Gasteiger partial charge < -0.3 is 13.6 Å². The third-order valence-corrected chi connectivity index (χ3v) is 12.5. The normalized spacial score (nSPS) is 12.0. The number of para-hydroxylation sites is 5. The zero-order valence-electron chi connectivity index (χ0n) is 32.5. The fourth-order valence-electron chi connectivity index (χ4n) is 9.74. The van der Waals surface area contributed by atoms with Gasteiger partial charge in [-0.25, -0.2) is 0 Å². The Bertz CT molecular complexity index is 3810. The summed E-state index contributed by atoms with van der Waals surface area (Å²) < 4.78 is 13.6. The molecule has 0 aliphatic rings. The number of aromatic nitrogens is 3. The molecular weight excluding hydrogens is 731 g/mol. The molecule has 60 heavy (non-hydrogen) atoms. The summed E-state index contributed by atoms with van der Waals surface area (Å²) in [5.41, 5.74) is 15.8. The van der Waals surface area contributed by atoms with Crippen molar-refractivity contribution < 1.29 is 4.42 Å². The largest absolute Gasteiger partial charge is 0.439 e. The highest BCUT2D eigenvalue weighted by molar-refractivity contribution is 6.20. The van der Waals surface area contributed by atoms with Crippen LogP contribution in [0.4, 0.5) is 0 Å². The highest BCUT2D eigenvalue weighted by Crippen LogP contribution is 2.42. The summed E-state index contributed by atoms with van der Waals surface area (Å²) in [7, 11) is 0. The molecular formula is C56H35N3O. The molecule has 0 saturated heterocycles. The average Bonchev–Trinajstić information content (AvgIpc) is 4.05. The lowest BCUT2D eigenvalue weighted by atomic mass is 10.0. The number of rotatable bonds is 5. The van der Waals surface area contributed by atoms with Crippen LogP contribution in [0.15, 0.2) is 217 Å². The van der Waals surface area contributed by atoms with Crippen LogP contribution in [0.2, 0.25) is 0 Å². The third kappa shape index (κ3) is 4.79. The van der Waals surface area contributed by atoms with Crippen LogP contribution in [0.25, 0.3) is 116 Å². The Labute approximate surface area is 345 Å². The van der Waals surface area contributed by atoms with Gasteiger partial charge in [0.1, 0.15) is 5.58 Å². The van der Waals surface area contributed by atoms with E-state index in [0.29, 0.717) is 0 Å². The molecule has 0 saturated carbocycles. The van der Waals surface area contributed by atoms with Gasteiger partial charge in [-0.3, -0.25) is 4.57 Å². The molecule has 4 heterocycles. The van der Waals surface area contributed by atoms with E-state index in [9.17, 15) is 0 Å². The SMILES string of the molecule is c1ccc(-n2c3ccccc3c3cc(-c4ccc5c(c4)c4ccccc4n5-c4ccc(-c5ccc6c7c8ccccc8oc7n(-c7ccccc7)c6c5)cc4)ccc32)cc1. The van der Waals surface area contributed by atoms with Crippen LogP contribution in [0.5, 0.6) is 0 Å². The Hall–Kier alpha value is -8.08. The molecule has 0 radical (unpaired) electrons. The summed E-state index contributed by atoms with van der Waals surface area (Å²) in [4.78, 5) is 0. The van der Waals surface area contributed by atoms with Gasteiger partial charge in [0, 0.05) is 49.4 Å². The van der Waals surface area contributed by atoms with Crippen molar-refractivity contribution in [2.45, 2.75) is 0 Å². The molecule has 13 rings (SSSR count). The van der Waals surface area contributed by atoms with Crippen LogP contribution in [0.1, 0.15) is 0 Å². The van der Waals surface area contributed by atoms with Crippen LogP contribution >= 0.6 is 0 Å². The third-order valence-electron chi connectivity index (χ3n) is 12.5. The quantitative estimate of drug-likeness (QED) is 0.171. The van der Waals surface area contributed by atoms with E-state index in [-0.39, 0.29) is 0 Å². The average molecular weight is 766 g/mol. The maximum absolute atomic E-state index is 6.54. The zero-order chi connectivity index (χ0) is 39.3. The lowest BCUT2D eigenvalue weighted by Crippen LogP contribution is -1.94. The summed E-state index contributed by atoms with van der Waals surface area (Å²) in [6.45, 7) is 0. The molecule has 13 aromatic rings. The van der Waals surface area contributed by atoms with Crippen molar-refractivity contribution in [3.05, 3.63) is 212 Å². The van der Waals surface area contributed by atoms with Crippen LogP contribution in [-0.2, 0) is 0 Å². The first-order valence-electron chi connectivity index (χ1n) is 20.5. The van der Waals surface area contributed by atoms with Gasteiger partial charge in [-0.15, -0.1) is 0 Å². The van der Waals surface area contributed by atoms with Crippen LogP contribution in [0.3, 0.4) is 0 Å². The predicted molar refractivity (Wildman–Crippen MR) is 250 cm³/mol. The Morgan fingerprint density at radius 1 is 0.267 bits per heavy atom. The molecule has 0 atom stereocenters. The first-order chi connectivity index (χ1) is 29.8. The second-order valence-electron chi connectivity index (χ2n) is 15.7. The van der Waals surface area contributed by atoms with Gasteiger partial charge in [0.15, 0.2) is 0 Å². The van der Waals surface area contributed by atoms with Crippen molar-refractivity contribution in [2.75, 3.05) is 0 Å². The number of hydrogen-bond donors (Lipinski definition) is 0. The summed E-state index contributed by atoms with van der Waals surface area (Å²) in [5, 5.41) is 8.46. The molecule has 0 aliphatic carbocycles. The van der Waals surface area contributed by atoms with E-state index in [0.717, 1.165) is 50.1 Å². The first-order valence-corrected chi connectivity index (χ1v) is 20.5. The maximum atomic E-state index is 6.54. The van der Waals surface area contributed by atoms with Crippen LogP contribution < -0.4 is 0 Å². The fourth-order valence-corrected chi connectivity index (χ4v) is 9.74. The van der Waals surface area contributed by atoms with Gasteiger partial charge in [-0.05, 0) is 107 Å². The maximum Gasteiger partial charge on any atom is 0.213 e. The monoisotopic (exact) mass is 765 g/mol. The Morgan fingerprint density at radius 3 is 1.33 bits per heavy atom.